The van der Waals surface area contributed by atoms with Crippen LogP contribution in [0.1, 0.15) is 26.2 Å². The van der Waals surface area contributed by atoms with Gasteiger partial charge in [-0.25, -0.2) is 0 Å². The van der Waals surface area contributed by atoms with Crippen LogP contribution >= 0.6 is 0 Å². The van der Waals surface area contributed by atoms with Crippen LogP contribution in [0.5, 0.6) is 0 Å². The van der Waals surface area contributed by atoms with Crippen LogP contribution in [0.15, 0.2) is 11.8 Å². The first-order valence-corrected chi connectivity index (χ1v) is 7.65. The molecule has 0 spiro atoms. The van der Waals surface area contributed by atoms with Crippen molar-refractivity contribution in [2.24, 2.45) is 0 Å². The lowest BCUT2D eigenvalue weighted by Gasteiger charge is -2.43. The standard InChI is InChI=1S/C15H29N3O/c1-4-7-16-15(13-6-5-10-19-12-13)14-11-17(2)8-9-18(14)3/h12,14-16H,4-11H2,1-3H3. The van der Waals surface area contributed by atoms with Gasteiger partial charge >= 0.3 is 0 Å². The molecular formula is C15H29N3O. The van der Waals surface area contributed by atoms with Crippen LogP contribution in [0.3, 0.4) is 0 Å². The Kier molecular flexibility index (Phi) is 5.67. The molecule has 2 rings (SSSR count). The van der Waals surface area contributed by atoms with E-state index in [0.29, 0.717) is 12.1 Å². The zero-order chi connectivity index (χ0) is 13.7. The van der Waals surface area contributed by atoms with Gasteiger partial charge in [-0.1, -0.05) is 6.92 Å². The van der Waals surface area contributed by atoms with Gasteiger partial charge in [0.05, 0.1) is 12.9 Å². The quantitative estimate of drug-likeness (QED) is 0.812. The van der Waals surface area contributed by atoms with E-state index in [0.717, 1.165) is 32.7 Å². The maximum Gasteiger partial charge on any atom is 0.0876 e. The van der Waals surface area contributed by atoms with Gasteiger partial charge in [0.2, 0.25) is 0 Å². The third-order valence-electron chi connectivity index (χ3n) is 4.26. The minimum Gasteiger partial charge on any atom is -0.501 e. The van der Waals surface area contributed by atoms with Crippen LogP contribution in [-0.4, -0.2) is 68.8 Å². The monoisotopic (exact) mass is 267 g/mol. The van der Waals surface area contributed by atoms with E-state index in [1.54, 1.807) is 0 Å². The zero-order valence-electron chi connectivity index (χ0n) is 12.7. The predicted molar refractivity (Wildman–Crippen MR) is 79.3 cm³/mol. The second-order valence-corrected chi connectivity index (χ2v) is 5.91. The topological polar surface area (TPSA) is 27.7 Å². The molecule has 0 bridgehead atoms. The SMILES string of the molecule is CCCNC(C1=COCCC1)C1CN(C)CCN1C. The zero-order valence-corrected chi connectivity index (χ0v) is 12.7. The van der Waals surface area contributed by atoms with E-state index >= 15 is 0 Å². The van der Waals surface area contributed by atoms with Crippen LogP contribution in [0, 0.1) is 0 Å². The van der Waals surface area contributed by atoms with Crippen molar-refractivity contribution < 1.29 is 4.74 Å². The summed E-state index contributed by atoms with van der Waals surface area (Å²) in [5.41, 5.74) is 1.45. The summed E-state index contributed by atoms with van der Waals surface area (Å²) >= 11 is 0. The highest BCUT2D eigenvalue weighted by atomic mass is 16.5. The summed E-state index contributed by atoms with van der Waals surface area (Å²) in [5.74, 6) is 0. The van der Waals surface area contributed by atoms with Crippen molar-refractivity contribution in [2.75, 3.05) is 46.9 Å². The van der Waals surface area contributed by atoms with E-state index in [-0.39, 0.29) is 0 Å². The number of hydrogen-bond acceptors (Lipinski definition) is 4. The molecule has 2 heterocycles. The van der Waals surface area contributed by atoms with Crippen molar-refractivity contribution in [1.29, 1.82) is 0 Å². The summed E-state index contributed by atoms with van der Waals surface area (Å²) in [6.45, 7) is 7.64. The van der Waals surface area contributed by atoms with E-state index in [4.69, 9.17) is 4.74 Å². The van der Waals surface area contributed by atoms with Gasteiger partial charge in [-0.2, -0.15) is 0 Å². The molecule has 0 radical (unpaired) electrons. The molecule has 1 saturated heterocycles. The average Bonchev–Trinajstić information content (AvgIpc) is 2.44. The van der Waals surface area contributed by atoms with Gasteiger partial charge in [-0.3, -0.25) is 4.90 Å². The molecule has 0 saturated carbocycles. The number of nitrogens with one attached hydrogen (secondary N) is 1. The molecule has 2 atom stereocenters. The molecule has 110 valence electrons. The van der Waals surface area contributed by atoms with E-state index < -0.39 is 0 Å². The summed E-state index contributed by atoms with van der Waals surface area (Å²) in [5, 5.41) is 3.74. The fraction of sp³-hybridized carbons (Fsp3) is 0.867. The van der Waals surface area contributed by atoms with Crippen LogP contribution in [0.4, 0.5) is 0 Å². The van der Waals surface area contributed by atoms with Gasteiger partial charge in [-0.15, -0.1) is 0 Å². The van der Waals surface area contributed by atoms with Crippen molar-refractivity contribution in [1.82, 2.24) is 15.1 Å². The first-order valence-electron chi connectivity index (χ1n) is 7.65. The Morgan fingerprint density at radius 2 is 2.26 bits per heavy atom. The summed E-state index contributed by atoms with van der Waals surface area (Å²) in [6.07, 6.45) is 5.52. The Balaban J connectivity index is 2.08. The lowest BCUT2D eigenvalue weighted by atomic mass is 9.93. The van der Waals surface area contributed by atoms with Crippen LogP contribution in [0.25, 0.3) is 0 Å². The number of nitrogens with zero attached hydrogens (tertiary/aromatic N) is 2. The maximum absolute atomic E-state index is 5.56. The molecule has 4 heteroatoms. The third kappa shape index (κ3) is 3.94. The average molecular weight is 267 g/mol. The Morgan fingerprint density at radius 3 is 2.95 bits per heavy atom. The second-order valence-electron chi connectivity index (χ2n) is 5.91. The molecule has 0 aromatic carbocycles. The highest BCUT2D eigenvalue weighted by molar-refractivity contribution is 5.15. The molecular weight excluding hydrogens is 238 g/mol. The molecule has 2 aliphatic heterocycles. The van der Waals surface area contributed by atoms with Crippen LogP contribution < -0.4 is 5.32 Å². The number of likely N-dealkylation sites (N-methyl/N-ethyl adjacent to an activating group) is 2. The molecule has 2 aliphatic rings. The van der Waals surface area contributed by atoms with Gasteiger partial charge in [0, 0.05) is 31.7 Å². The van der Waals surface area contributed by atoms with E-state index in [1.807, 2.05) is 6.26 Å². The Bertz CT molecular complexity index is 306. The number of ether oxygens (including phenoxy) is 1. The van der Waals surface area contributed by atoms with Crippen LogP contribution in [0.2, 0.25) is 0 Å². The second kappa shape index (κ2) is 7.27. The fourth-order valence-electron chi connectivity index (χ4n) is 3.03. The highest BCUT2D eigenvalue weighted by Gasteiger charge is 2.32. The largest absolute Gasteiger partial charge is 0.501 e. The maximum atomic E-state index is 5.56. The minimum absolute atomic E-state index is 0.438. The van der Waals surface area contributed by atoms with Crippen molar-refractivity contribution >= 4 is 0 Å². The molecule has 0 amide bonds. The minimum atomic E-state index is 0.438. The molecule has 0 aromatic heterocycles. The van der Waals surface area contributed by atoms with Gasteiger partial charge in [0.25, 0.3) is 0 Å². The van der Waals surface area contributed by atoms with E-state index in [1.165, 1.54) is 25.0 Å². The number of rotatable bonds is 5. The normalized spacial score (nSPS) is 27.7. The van der Waals surface area contributed by atoms with Gasteiger partial charge < -0.3 is 15.0 Å². The van der Waals surface area contributed by atoms with E-state index in [2.05, 4.69) is 36.1 Å². The van der Waals surface area contributed by atoms with Crippen molar-refractivity contribution in [2.45, 2.75) is 38.3 Å². The summed E-state index contributed by atoms with van der Waals surface area (Å²) in [4.78, 5) is 4.94. The summed E-state index contributed by atoms with van der Waals surface area (Å²) in [7, 11) is 4.48. The lowest BCUT2D eigenvalue weighted by Crippen LogP contribution is -2.59. The highest BCUT2D eigenvalue weighted by Crippen LogP contribution is 2.22. The molecule has 19 heavy (non-hydrogen) atoms. The van der Waals surface area contributed by atoms with Gasteiger partial charge in [0.15, 0.2) is 0 Å². The number of piperazine rings is 1. The Hall–Kier alpha value is -0.580. The first kappa shape index (κ1) is 14.8. The predicted octanol–water partition coefficient (Wildman–Crippen LogP) is 1.29. The molecule has 0 aliphatic carbocycles. The van der Waals surface area contributed by atoms with Gasteiger partial charge in [-0.05, 0) is 45.5 Å². The van der Waals surface area contributed by atoms with Crippen LogP contribution in [-0.2, 0) is 4.74 Å². The van der Waals surface area contributed by atoms with Crippen molar-refractivity contribution in [3.8, 4) is 0 Å². The summed E-state index contributed by atoms with van der Waals surface area (Å²) in [6, 6.07) is 0.992. The first-order chi connectivity index (χ1) is 9.22. The van der Waals surface area contributed by atoms with Crippen molar-refractivity contribution in [3.63, 3.8) is 0 Å². The molecule has 4 nitrogen and oxygen atoms in total. The Morgan fingerprint density at radius 1 is 1.42 bits per heavy atom. The number of hydrogen-bond donors (Lipinski definition) is 1. The Labute approximate surface area is 117 Å². The molecule has 2 unspecified atom stereocenters. The molecule has 0 aromatic rings. The molecule has 1 fully saturated rings. The smallest absolute Gasteiger partial charge is 0.0876 e. The fourth-order valence-corrected chi connectivity index (χ4v) is 3.03. The van der Waals surface area contributed by atoms with Crippen molar-refractivity contribution in [3.05, 3.63) is 11.8 Å². The lowest BCUT2D eigenvalue weighted by molar-refractivity contribution is 0.0918. The molecule has 1 N–H and O–H groups in total. The summed E-state index contributed by atoms with van der Waals surface area (Å²) < 4.78 is 5.56. The third-order valence-corrected chi connectivity index (χ3v) is 4.26. The van der Waals surface area contributed by atoms with E-state index in [9.17, 15) is 0 Å². The van der Waals surface area contributed by atoms with Gasteiger partial charge in [0.1, 0.15) is 0 Å².